The minimum absolute atomic E-state index is 0.00632. The van der Waals surface area contributed by atoms with Crippen LogP contribution in [0.5, 0.6) is 0 Å². The monoisotopic (exact) mass is 204 g/mol. The van der Waals surface area contributed by atoms with Gasteiger partial charge in [-0.1, -0.05) is 37.6 Å². The first-order valence-corrected chi connectivity index (χ1v) is 5.58. The van der Waals surface area contributed by atoms with Gasteiger partial charge in [0, 0.05) is 6.42 Å². The molecular weight excluding hydrogens is 188 g/mol. The number of hydrogen-bond donors (Lipinski definition) is 0. The fourth-order valence-electron chi connectivity index (χ4n) is 1.95. The lowest BCUT2D eigenvalue weighted by atomic mass is 10.0. The molecule has 2 rings (SSSR count). The Balaban J connectivity index is 2.06. The number of carbonyl (C=O) groups is 1. The summed E-state index contributed by atoms with van der Waals surface area (Å²) in [5.41, 5.74) is 2.48. The van der Waals surface area contributed by atoms with Crippen LogP contribution in [0, 0.1) is 0 Å². The molecule has 80 valence electrons. The van der Waals surface area contributed by atoms with Crippen molar-refractivity contribution in [3.8, 4) is 0 Å². The van der Waals surface area contributed by atoms with Crippen LogP contribution in [-0.2, 0) is 16.0 Å². The highest BCUT2D eigenvalue weighted by Crippen LogP contribution is 2.29. The number of aryl methyl sites for hydroxylation is 1. The minimum Gasteiger partial charge on any atom is -0.457 e. The van der Waals surface area contributed by atoms with E-state index in [0.29, 0.717) is 6.42 Å². The van der Waals surface area contributed by atoms with Gasteiger partial charge in [0.1, 0.15) is 6.10 Å². The van der Waals surface area contributed by atoms with E-state index in [1.54, 1.807) is 0 Å². The smallest absolute Gasteiger partial charge is 0.306 e. The number of hydrogen-bond acceptors (Lipinski definition) is 2. The number of rotatable bonds is 3. The second-order valence-corrected chi connectivity index (χ2v) is 4.01. The first-order valence-electron chi connectivity index (χ1n) is 5.58. The molecule has 15 heavy (non-hydrogen) atoms. The SMILES string of the molecule is CCCc1ccc(C2CCC(=O)O2)cc1. The van der Waals surface area contributed by atoms with Crippen LogP contribution >= 0.6 is 0 Å². The van der Waals surface area contributed by atoms with Crippen molar-refractivity contribution in [2.75, 3.05) is 0 Å². The molecule has 1 aliphatic rings. The Morgan fingerprint density at radius 3 is 2.60 bits per heavy atom. The Hall–Kier alpha value is -1.31. The summed E-state index contributed by atoms with van der Waals surface area (Å²) >= 11 is 0. The Kier molecular flexibility index (Phi) is 3.05. The van der Waals surface area contributed by atoms with Gasteiger partial charge in [-0.05, 0) is 24.0 Å². The van der Waals surface area contributed by atoms with E-state index in [4.69, 9.17) is 4.74 Å². The van der Waals surface area contributed by atoms with E-state index in [1.807, 2.05) is 0 Å². The zero-order chi connectivity index (χ0) is 10.7. The van der Waals surface area contributed by atoms with E-state index in [-0.39, 0.29) is 12.1 Å². The average Bonchev–Trinajstić information content (AvgIpc) is 2.67. The molecule has 1 heterocycles. The number of carbonyl (C=O) groups excluding carboxylic acids is 1. The Bertz CT molecular complexity index is 340. The Labute approximate surface area is 90.3 Å². The molecule has 0 aliphatic carbocycles. The van der Waals surface area contributed by atoms with Crippen LogP contribution in [0.1, 0.15) is 43.4 Å². The minimum atomic E-state index is -0.0716. The number of esters is 1. The maximum Gasteiger partial charge on any atom is 0.306 e. The second-order valence-electron chi connectivity index (χ2n) is 4.01. The van der Waals surface area contributed by atoms with E-state index < -0.39 is 0 Å². The number of cyclic esters (lactones) is 1. The fraction of sp³-hybridized carbons (Fsp3) is 0.462. The van der Waals surface area contributed by atoms with Crippen LogP contribution in [0.15, 0.2) is 24.3 Å². The summed E-state index contributed by atoms with van der Waals surface area (Å²) in [6.45, 7) is 2.17. The molecule has 1 aliphatic heterocycles. The number of benzene rings is 1. The fourth-order valence-corrected chi connectivity index (χ4v) is 1.95. The van der Waals surface area contributed by atoms with Gasteiger partial charge >= 0.3 is 5.97 Å². The predicted molar refractivity (Wildman–Crippen MR) is 58.5 cm³/mol. The first-order chi connectivity index (χ1) is 7.29. The van der Waals surface area contributed by atoms with Gasteiger partial charge in [-0.25, -0.2) is 0 Å². The standard InChI is InChI=1S/C13H16O2/c1-2-3-10-4-6-11(7-5-10)12-8-9-13(14)15-12/h4-7,12H,2-3,8-9H2,1H3. The van der Waals surface area contributed by atoms with Crippen LogP contribution in [0.2, 0.25) is 0 Å². The second kappa shape index (κ2) is 4.47. The van der Waals surface area contributed by atoms with E-state index in [9.17, 15) is 4.79 Å². The quantitative estimate of drug-likeness (QED) is 0.707. The molecule has 1 unspecified atom stereocenters. The average molecular weight is 204 g/mol. The normalized spacial score (nSPS) is 20.3. The molecule has 0 N–H and O–H groups in total. The van der Waals surface area contributed by atoms with E-state index in [2.05, 4.69) is 31.2 Å². The molecule has 0 radical (unpaired) electrons. The summed E-state index contributed by atoms with van der Waals surface area (Å²) in [4.78, 5) is 11.0. The molecule has 1 fully saturated rings. The van der Waals surface area contributed by atoms with Crippen LogP contribution in [0.4, 0.5) is 0 Å². The first kappa shape index (κ1) is 10.2. The summed E-state index contributed by atoms with van der Waals surface area (Å²) in [6.07, 6.45) is 3.66. The molecule has 2 heteroatoms. The van der Waals surface area contributed by atoms with Crippen molar-refractivity contribution >= 4 is 5.97 Å². The largest absolute Gasteiger partial charge is 0.457 e. The van der Waals surface area contributed by atoms with Crippen molar-refractivity contribution in [1.82, 2.24) is 0 Å². The van der Waals surface area contributed by atoms with Gasteiger partial charge in [-0.2, -0.15) is 0 Å². The summed E-state index contributed by atoms with van der Waals surface area (Å²) in [6, 6.07) is 8.42. The van der Waals surface area contributed by atoms with Gasteiger partial charge in [0.25, 0.3) is 0 Å². The van der Waals surface area contributed by atoms with Crippen molar-refractivity contribution in [2.24, 2.45) is 0 Å². The molecule has 0 saturated carbocycles. The summed E-state index contributed by atoms with van der Waals surface area (Å²) in [7, 11) is 0. The zero-order valence-electron chi connectivity index (χ0n) is 9.03. The summed E-state index contributed by atoms with van der Waals surface area (Å²) < 4.78 is 5.21. The molecule has 2 nitrogen and oxygen atoms in total. The third-order valence-corrected chi connectivity index (χ3v) is 2.77. The van der Waals surface area contributed by atoms with Crippen LogP contribution < -0.4 is 0 Å². The highest BCUT2D eigenvalue weighted by atomic mass is 16.5. The van der Waals surface area contributed by atoms with Gasteiger partial charge in [0.2, 0.25) is 0 Å². The van der Waals surface area contributed by atoms with Gasteiger partial charge in [-0.15, -0.1) is 0 Å². The molecule has 0 spiro atoms. The van der Waals surface area contributed by atoms with Crippen molar-refractivity contribution in [3.05, 3.63) is 35.4 Å². The molecular formula is C13H16O2. The van der Waals surface area contributed by atoms with Crippen molar-refractivity contribution < 1.29 is 9.53 Å². The topological polar surface area (TPSA) is 26.3 Å². The van der Waals surface area contributed by atoms with E-state index in [0.717, 1.165) is 24.8 Å². The lowest BCUT2D eigenvalue weighted by Crippen LogP contribution is -1.98. The highest BCUT2D eigenvalue weighted by Gasteiger charge is 2.24. The molecule has 1 aromatic carbocycles. The maximum absolute atomic E-state index is 11.0. The lowest BCUT2D eigenvalue weighted by molar-refractivity contribution is -0.141. The van der Waals surface area contributed by atoms with E-state index >= 15 is 0 Å². The van der Waals surface area contributed by atoms with Gasteiger partial charge in [-0.3, -0.25) is 4.79 Å². The molecule has 0 amide bonds. The third-order valence-electron chi connectivity index (χ3n) is 2.77. The van der Waals surface area contributed by atoms with Gasteiger partial charge in [0.05, 0.1) is 0 Å². The summed E-state index contributed by atoms with van der Waals surface area (Å²) in [5.74, 6) is -0.0716. The highest BCUT2D eigenvalue weighted by molar-refractivity contribution is 5.71. The Morgan fingerprint density at radius 1 is 1.33 bits per heavy atom. The van der Waals surface area contributed by atoms with Gasteiger partial charge < -0.3 is 4.74 Å². The van der Waals surface area contributed by atoms with Gasteiger partial charge in [0.15, 0.2) is 0 Å². The van der Waals surface area contributed by atoms with Crippen molar-refractivity contribution in [2.45, 2.75) is 38.7 Å². The molecule has 1 atom stereocenters. The van der Waals surface area contributed by atoms with E-state index in [1.165, 1.54) is 5.56 Å². The van der Waals surface area contributed by atoms with Crippen LogP contribution in [0.3, 0.4) is 0 Å². The molecule has 0 bridgehead atoms. The third kappa shape index (κ3) is 2.38. The Morgan fingerprint density at radius 2 is 2.07 bits per heavy atom. The van der Waals surface area contributed by atoms with Crippen LogP contribution in [0.25, 0.3) is 0 Å². The molecule has 1 saturated heterocycles. The molecule has 0 aromatic heterocycles. The lowest BCUT2D eigenvalue weighted by Gasteiger charge is -2.09. The maximum atomic E-state index is 11.0. The number of ether oxygens (including phenoxy) is 1. The van der Waals surface area contributed by atoms with Crippen molar-refractivity contribution in [3.63, 3.8) is 0 Å². The zero-order valence-corrected chi connectivity index (χ0v) is 9.03. The summed E-state index contributed by atoms with van der Waals surface area (Å²) in [5, 5.41) is 0. The predicted octanol–water partition coefficient (Wildman–Crippen LogP) is 3.02. The van der Waals surface area contributed by atoms with Crippen molar-refractivity contribution in [1.29, 1.82) is 0 Å². The molecule has 1 aromatic rings. The van der Waals surface area contributed by atoms with Crippen LogP contribution in [-0.4, -0.2) is 5.97 Å².